The van der Waals surface area contributed by atoms with Crippen LogP contribution in [0.5, 0.6) is 0 Å². The van der Waals surface area contributed by atoms with Crippen molar-refractivity contribution in [2.45, 2.75) is 62.9 Å². The molecule has 1 aromatic carbocycles. The molecule has 2 saturated carbocycles. The van der Waals surface area contributed by atoms with Crippen LogP contribution >= 0.6 is 23.2 Å². The summed E-state index contributed by atoms with van der Waals surface area (Å²) in [5, 5.41) is 5.32. The number of hydrogen-bond acceptors (Lipinski definition) is 6. The monoisotopic (exact) mass is 451 g/mol. The molecule has 0 spiro atoms. The number of aromatic nitrogens is 1. The van der Waals surface area contributed by atoms with Gasteiger partial charge in [0.05, 0.1) is 23.8 Å². The molecule has 160 valence electrons. The lowest BCUT2D eigenvalue weighted by Gasteiger charge is -2.48. The summed E-state index contributed by atoms with van der Waals surface area (Å²) >= 11 is 12.9. The molecule has 1 unspecified atom stereocenters. The third kappa shape index (κ3) is 3.44. The Morgan fingerprint density at radius 2 is 1.90 bits per heavy atom. The number of methoxy groups -OCH3 is 1. The second-order valence-corrected chi connectivity index (χ2v) is 9.18. The zero-order chi connectivity index (χ0) is 20.9. The molecule has 6 nitrogen and oxygen atoms in total. The summed E-state index contributed by atoms with van der Waals surface area (Å²) in [5.41, 5.74) is 1.21. The van der Waals surface area contributed by atoms with Crippen molar-refractivity contribution in [3.8, 4) is 11.3 Å². The van der Waals surface area contributed by atoms with E-state index >= 15 is 0 Å². The highest BCUT2D eigenvalue weighted by Crippen LogP contribution is 2.48. The van der Waals surface area contributed by atoms with E-state index in [1.54, 1.807) is 18.2 Å². The number of rotatable bonds is 6. The van der Waals surface area contributed by atoms with Crippen LogP contribution < -0.4 is 0 Å². The van der Waals surface area contributed by atoms with Crippen LogP contribution in [0, 0.1) is 5.92 Å². The Hall–Kier alpha value is -1.60. The molecule has 2 aliphatic heterocycles. The normalized spacial score (nSPS) is 28.0. The first-order valence-corrected chi connectivity index (χ1v) is 11.1. The minimum absolute atomic E-state index is 0.255. The average Bonchev–Trinajstić information content (AvgIpc) is 3.53. The number of ether oxygens (including phenoxy) is 3. The third-order valence-corrected chi connectivity index (χ3v) is 7.11. The summed E-state index contributed by atoms with van der Waals surface area (Å²) in [6.07, 6.45) is 4.75. The molecular weight excluding hydrogens is 429 g/mol. The Morgan fingerprint density at radius 3 is 2.53 bits per heavy atom. The number of nitrogens with zero attached hydrogens (tertiary/aromatic N) is 1. The van der Waals surface area contributed by atoms with Crippen LogP contribution in [0.15, 0.2) is 22.7 Å². The van der Waals surface area contributed by atoms with E-state index in [0.29, 0.717) is 40.1 Å². The quantitative estimate of drug-likeness (QED) is 0.539. The van der Waals surface area contributed by atoms with Gasteiger partial charge in [-0.1, -0.05) is 34.4 Å². The standard InChI is InChI=1S/C22H23Cl2NO5/c1-27-21(26)22-9-7-13(8-10-22)20(29-22)28-11-14-18(25-30-19(14)12-5-6-12)17-15(23)3-2-4-16(17)24/h2-4,12-13,20H,5-11H2,1H3. The molecule has 2 bridgehead atoms. The number of halogens is 2. The Bertz CT molecular complexity index is 942. The Kier molecular flexibility index (Phi) is 5.30. The molecule has 0 radical (unpaired) electrons. The summed E-state index contributed by atoms with van der Waals surface area (Å²) in [5.74, 6) is 1.11. The van der Waals surface area contributed by atoms with Gasteiger partial charge in [0.1, 0.15) is 11.5 Å². The molecule has 3 heterocycles. The van der Waals surface area contributed by atoms with Gasteiger partial charge in [0.2, 0.25) is 0 Å². The molecule has 0 amide bonds. The van der Waals surface area contributed by atoms with E-state index in [4.69, 9.17) is 41.9 Å². The largest absolute Gasteiger partial charge is 0.467 e. The van der Waals surface area contributed by atoms with Gasteiger partial charge in [-0.25, -0.2) is 4.79 Å². The highest BCUT2D eigenvalue weighted by molar-refractivity contribution is 6.39. The number of hydrogen-bond donors (Lipinski definition) is 0. The molecule has 4 aliphatic rings. The summed E-state index contributed by atoms with van der Waals surface area (Å²) in [6, 6.07) is 5.36. The maximum Gasteiger partial charge on any atom is 0.338 e. The van der Waals surface area contributed by atoms with Crippen LogP contribution in [-0.2, 0) is 25.6 Å². The maximum atomic E-state index is 12.3. The van der Waals surface area contributed by atoms with Crippen LogP contribution in [0.4, 0.5) is 0 Å². The smallest absolute Gasteiger partial charge is 0.338 e. The first-order chi connectivity index (χ1) is 14.5. The van der Waals surface area contributed by atoms with Crippen LogP contribution in [0.2, 0.25) is 10.0 Å². The van der Waals surface area contributed by atoms with Gasteiger partial charge < -0.3 is 18.7 Å². The van der Waals surface area contributed by atoms with Gasteiger partial charge in [-0.3, -0.25) is 0 Å². The minimum Gasteiger partial charge on any atom is -0.467 e. The lowest BCUT2D eigenvalue weighted by molar-refractivity contribution is -0.290. The average molecular weight is 452 g/mol. The van der Waals surface area contributed by atoms with Crippen molar-refractivity contribution in [1.29, 1.82) is 0 Å². The Morgan fingerprint density at radius 1 is 1.20 bits per heavy atom. The number of fused-ring (bicyclic) bond motifs is 3. The highest BCUT2D eigenvalue weighted by Gasteiger charge is 2.53. The lowest BCUT2D eigenvalue weighted by atomic mass is 9.75. The van der Waals surface area contributed by atoms with E-state index in [0.717, 1.165) is 37.0 Å². The number of esters is 1. The first-order valence-electron chi connectivity index (χ1n) is 10.3. The molecule has 1 aromatic heterocycles. The van der Waals surface area contributed by atoms with Crippen LogP contribution in [0.3, 0.4) is 0 Å². The number of carbonyl (C=O) groups is 1. The molecule has 30 heavy (non-hydrogen) atoms. The number of carbonyl (C=O) groups excluding carboxylic acids is 1. The predicted octanol–water partition coefficient (Wildman–Crippen LogP) is 5.50. The van der Waals surface area contributed by atoms with Crippen LogP contribution in [0.1, 0.15) is 55.8 Å². The highest BCUT2D eigenvalue weighted by atomic mass is 35.5. The minimum atomic E-state index is -0.892. The van der Waals surface area contributed by atoms with Crippen LogP contribution in [0.25, 0.3) is 11.3 Å². The van der Waals surface area contributed by atoms with Crippen molar-refractivity contribution in [3.63, 3.8) is 0 Å². The zero-order valence-corrected chi connectivity index (χ0v) is 18.2. The van der Waals surface area contributed by atoms with E-state index in [2.05, 4.69) is 5.16 Å². The molecule has 0 N–H and O–H groups in total. The molecule has 1 atom stereocenters. The molecular formula is C22H23Cl2NO5. The van der Waals surface area contributed by atoms with Gasteiger partial charge in [0.15, 0.2) is 11.9 Å². The van der Waals surface area contributed by atoms with Crippen molar-refractivity contribution >= 4 is 29.2 Å². The van der Waals surface area contributed by atoms with Gasteiger partial charge in [0.25, 0.3) is 0 Å². The molecule has 8 heteroatoms. The van der Waals surface area contributed by atoms with Crippen molar-refractivity contribution in [3.05, 3.63) is 39.6 Å². The number of benzene rings is 1. The summed E-state index contributed by atoms with van der Waals surface area (Å²) in [4.78, 5) is 12.3. The first kappa shape index (κ1) is 20.3. The topological polar surface area (TPSA) is 70.8 Å². The van der Waals surface area contributed by atoms with Gasteiger partial charge >= 0.3 is 5.97 Å². The summed E-state index contributed by atoms with van der Waals surface area (Å²) < 4.78 is 23.1. The zero-order valence-electron chi connectivity index (χ0n) is 16.7. The van der Waals surface area contributed by atoms with E-state index < -0.39 is 11.9 Å². The van der Waals surface area contributed by atoms with Crippen molar-refractivity contribution in [2.24, 2.45) is 5.92 Å². The van der Waals surface area contributed by atoms with Gasteiger partial charge in [-0.15, -0.1) is 0 Å². The Labute approximate surface area is 184 Å². The van der Waals surface area contributed by atoms with E-state index in [9.17, 15) is 4.79 Å². The van der Waals surface area contributed by atoms with Crippen molar-refractivity contribution in [1.82, 2.24) is 5.16 Å². The third-order valence-electron chi connectivity index (χ3n) is 6.48. The van der Waals surface area contributed by atoms with Crippen molar-refractivity contribution in [2.75, 3.05) is 7.11 Å². The van der Waals surface area contributed by atoms with Gasteiger partial charge in [0, 0.05) is 23.0 Å². The van der Waals surface area contributed by atoms with E-state index in [1.165, 1.54) is 7.11 Å². The fraction of sp³-hybridized carbons (Fsp3) is 0.545. The SMILES string of the molecule is COC(=O)C12CCC(CC1)C(OCc1c(-c3c(Cl)cccc3Cl)noc1C1CC1)O2. The summed E-state index contributed by atoms with van der Waals surface area (Å²) in [7, 11) is 1.40. The second-order valence-electron chi connectivity index (χ2n) is 8.37. The van der Waals surface area contributed by atoms with Crippen LogP contribution in [-0.4, -0.2) is 30.1 Å². The fourth-order valence-corrected chi connectivity index (χ4v) is 5.21. The molecule has 6 rings (SSSR count). The molecule has 4 fully saturated rings. The van der Waals surface area contributed by atoms with Crippen molar-refractivity contribution < 1.29 is 23.5 Å². The Balaban J connectivity index is 1.42. The molecule has 2 saturated heterocycles. The molecule has 2 aliphatic carbocycles. The van der Waals surface area contributed by atoms with E-state index in [1.807, 2.05) is 0 Å². The van der Waals surface area contributed by atoms with Gasteiger partial charge in [-0.2, -0.15) is 0 Å². The molecule has 2 aromatic rings. The fourth-order valence-electron chi connectivity index (χ4n) is 4.64. The van der Waals surface area contributed by atoms with E-state index in [-0.39, 0.29) is 18.5 Å². The lowest BCUT2D eigenvalue weighted by Crippen LogP contribution is -2.56. The van der Waals surface area contributed by atoms with Gasteiger partial charge in [-0.05, 0) is 50.7 Å². The predicted molar refractivity (Wildman–Crippen MR) is 110 cm³/mol. The maximum absolute atomic E-state index is 12.3. The summed E-state index contributed by atoms with van der Waals surface area (Å²) in [6.45, 7) is 0.255. The second kappa shape index (κ2) is 7.83.